The molecule has 0 heterocycles. The lowest BCUT2D eigenvalue weighted by Crippen LogP contribution is -2.85. The SMILES string of the molecule is CCC[NH2+]CCO. The zero-order valence-electron chi connectivity index (χ0n) is 4.85. The maximum absolute atomic E-state index is 8.26. The van der Waals surface area contributed by atoms with Gasteiger partial charge in [-0.1, -0.05) is 6.92 Å². The van der Waals surface area contributed by atoms with Gasteiger partial charge in [0.2, 0.25) is 0 Å². The first kappa shape index (κ1) is 6.92. The summed E-state index contributed by atoms with van der Waals surface area (Å²) >= 11 is 0. The Morgan fingerprint density at radius 1 is 1.43 bits per heavy atom. The lowest BCUT2D eigenvalue weighted by molar-refractivity contribution is -0.655. The molecule has 0 atom stereocenters. The van der Waals surface area contributed by atoms with Gasteiger partial charge in [0.15, 0.2) is 0 Å². The number of hydrogen-bond donors (Lipinski definition) is 2. The number of aliphatic hydroxyl groups excluding tert-OH is 1. The van der Waals surface area contributed by atoms with E-state index < -0.39 is 0 Å². The molecule has 0 spiro atoms. The van der Waals surface area contributed by atoms with Crippen molar-refractivity contribution in [3.05, 3.63) is 0 Å². The van der Waals surface area contributed by atoms with Crippen molar-refractivity contribution >= 4 is 0 Å². The average molecular weight is 104 g/mol. The van der Waals surface area contributed by atoms with Crippen molar-refractivity contribution in [2.45, 2.75) is 13.3 Å². The van der Waals surface area contributed by atoms with Crippen molar-refractivity contribution in [3.63, 3.8) is 0 Å². The number of rotatable bonds is 4. The van der Waals surface area contributed by atoms with Gasteiger partial charge in [-0.2, -0.15) is 0 Å². The van der Waals surface area contributed by atoms with Crippen LogP contribution in [-0.2, 0) is 0 Å². The number of quaternary nitrogens is 1. The van der Waals surface area contributed by atoms with Crippen LogP contribution in [0.1, 0.15) is 13.3 Å². The third kappa shape index (κ3) is 5.92. The van der Waals surface area contributed by atoms with Crippen molar-refractivity contribution < 1.29 is 10.4 Å². The summed E-state index contributed by atoms with van der Waals surface area (Å²) in [4.78, 5) is 0. The fraction of sp³-hybridized carbons (Fsp3) is 1.00. The molecule has 2 nitrogen and oxygen atoms in total. The molecule has 0 aromatic rings. The first-order valence-electron chi connectivity index (χ1n) is 2.84. The third-order valence-electron chi connectivity index (χ3n) is 0.826. The minimum atomic E-state index is 0.306. The van der Waals surface area contributed by atoms with E-state index in [0.717, 1.165) is 13.1 Å². The maximum Gasteiger partial charge on any atom is 0.0990 e. The second-order valence-corrected chi connectivity index (χ2v) is 1.59. The van der Waals surface area contributed by atoms with Crippen LogP contribution in [0.25, 0.3) is 0 Å². The Hall–Kier alpha value is -0.0800. The van der Waals surface area contributed by atoms with E-state index in [1.54, 1.807) is 0 Å². The van der Waals surface area contributed by atoms with Crippen molar-refractivity contribution in [2.75, 3.05) is 19.7 Å². The summed E-state index contributed by atoms with van der Waals surface area (Å²) < 4.78 is 0. The van der Waals surface area contributed by atoms with Crippen LogP contribution in [-0.4, -0.2) is 24.8 Å². The average Bonchev–Trinajstić information content (AvgIpc) is 1.69. The van der Waals surface area contributed by atoms with E-state index in [9.17, 15) is 0 Å². The zero-order valence-corrected chi connectivity index (χ0v) is 4.85. The lowest BCUT2D eigenvalue weighted by Gasteiger charge is -1.92. The fourth-order valence-electron chi connectivity index (χ4n) is 0.440. The van der Waals surface area contributed by atoms with E-state index in [0.29, 0.717) is 6.61 Å². The maximum atomic E-state index is 8.26. The number of aliphatic hydroxyl groups is 1. The Balaban J connectivity index is 2.45. The molecule has 0 amide bonds. The molecule has 0 aliphatic heterocycles. The quantitative estimate of drug-likeness (QED) is 0.439. The van der Waals surface area contributed by atoms with Gasteiger partial charge >= 0.3 is 0 Å². The first-order chi connectivity index (χ1) is 3.41. The minimum Gasteiger partial charge on any atom is -0.391 e. The molecular weight excluding hydrogens is 90.1 g/mol. The van der Waals surface area contributed by atoms with Gasteiger partial charge in [-0.3, -0.25) is 0 Å². The predicted octanol–water partition coefficient (Wildman–Crippen LogP) is -1.05. The predicted molar refractivity (Wildman–Crippen MR) is 29.0 cm³/mol. The molecule has 0 aromatic heterocycles. The van der Waals surface area contributed by atoms with E-state index in [1.807, 2.05) is 0 Å². The third-order valence-corrected chi connectivity index (χ3v) is 0.826. The van der Waals surface area contributed by atoms with Gasteiger partial charge in [0.25, 0.3) is 0 Å². The molecule has 0 fully saturated rings. The van der Waals surface area contributed by atoms with Crippen LogP contribution in [0.3, 0.4) is 0 Å². The monoisotopic (exact) mass is 104 g/mol. The molecule has 0 bridgehead atoms. The van der Waals surface area contributed by atoms with E-state index in [1.165, 1.54) is 6.42 Å². The van der Waals surface area contributed by atoms with E-state index in [-0.39, 0.29) is 0 Å². The van der Waals surface area contributed by atoms with Gasteiger partial charge in [0.1, 0.15) is 0 Å². The van der Waals surface area contributed by atoms with Crippen molar-refractivity contribution in [1.82, 2.24) is 0 Å². The van der Waals surface area contributed by atoms with Gasteiger partial charge in [0.05, 0.1) is 19.7 Å². The Labute approximate surface area is 44.5 Å². The highest BCUT2D eigenvalue weighted by Gasteiger charge is 1.81. The molecule has 0 rings (SSSR count). The van der Waals surface area contributed by atoms with Crippen molar-refractivity contribution in [3.8, 4) is 0 Å². The normalized spacial score (nSPS) is 9.43. The van der Waals surface area contributed by atoms with Crippen LogP contribution in [0.5, 0.6) is 0 Å². The molecule has 0 aromatic carbocycles. The van der Waals surface area contributed by atoms with Crippen LogP contribution >= 0.6 is 0 Å². The molecule has 0 aliphatic carbocycles. The second kappa shape index (κ2) is 5.92. The molecule has 44 valence electrons. The van der Waals surface area contributed by atoms with Gasteiger partial charge in [0, 0.05) is 0 Å². The zero-order chi connectivity index (χ0) is 5.54. The molecule has 0 saturated carbocycles. The van der Waals surface area contributed by atoms with E-state index >= 15 is 0 Å². The van der Waals surface area contributed by atoms with Crippen LogP contribution < -0.4 is 5.32 Å². The van der Waals surface area contributed by atoms with Crippen LogP contribution in [0.2, 0.25) is 0 Å². The summed E-state index contributed by atoms with van der Waals surface area (Å²) in [7, 11) is 0. The summed E-state index contributed by atoms with van der Waals surface area (Å²) in [5.41, 5.74) is 0. The standard InChI is InChI=1S/C5H13NO/c1-2-3-6-4-5-7/h6-7H,2-5H2,1H3/p+1. The number of nitrogens with two attached hydrogens (primary N) is 1. The largest absolute Gasteiger partial charge is 0.391 e. The van der Waals surface area contributed by atoms with Gasteiger partial charge in [-0.15, -0.1) is 0 Å². The Morgan fingerprint density at radius 3 is 2.57 bits per heavy atom. The highest BCUT2D eigenvalue weighted by molar-refractivity contribution is 4.16. The smallest absolute Gasteiger partial charge is 0.0990 e. The Bertz CT molecular complexity index is 27.3. The highest BCUT2D eigenvalue weighted by atomic mass is 16.3. The lowest BCUT2D eigenvalue weighted by atomic mass is 10.5. The second-order valence-electron chi connectivity index (χ2n) is 1.59. The van der Waals surface area contributed by atoms with Gasteiger partial charge in [-0.05, 0) is 6.42 Å². The summed E-state index contributed by atoms with van der Waals surface area (Å²) in [5.74, 6) is 0. The highest BCUT2D eigenvalue weighted by Crippen LogP contribution is 1.57. The minimum absolute atomic E-state index is 0.306. The summed E-state index contributed by atoms with van der Waals surface area (Å²) in [5, 5.41) is 10.4. The fourth-order valence-corrected chi connectivity index (χ4v) is 0.440. The Kier molecular flexibility index (Phi) is 5.85. The van der Waals surface area contributed by atoms with Gasteiger partial charge < -0.3 is 10.4 Å². The molecule has 7 heavy (non-hydrogen) atoms. The Morgan fingerprint density at radius 2 is 2.14 bits per heavy atom. The molecule has 2 heteroatoms. The van der Waals surface area contributed by atoms with Crippen molar-refractivity contribution in [1.29, 1.82) is 0 Å². The first-order valence-corrected chi connectivity index (χ1v) is 2.84. The summed E-state index contributed by atoms with van der Waals surface area (Å²) in [6.45, 7) is 4.43. The van der Waals surface area contributed by atoms with Crippen LogP contribution in [0.15, 0.2) is 0 Å². The molecule has 0 radical (unpaired) electrons. The van der Waals surface area contributed by atoms with Gasteiger partial charge in [-0.25, -0.2) is 0 Å². The topological polar surface area (TPSA) is 36.8 Å². The molecule has 3 N–H and O–H groups in total. The summed E-state index contributed by atoms with van der Waals surface area (Å²) in [6.07, 6.45) is 1.19. The summed E-state index contributed by atoms with van der Waals surface area (Å²) in [6, 6.07) is 0. The molecule has 0 unspecified atom stereocenters. The van der Waals surface area contributed by atoms with Crippen LogP contribution in [0.4, 0.5) is 0 Å². The van der Waals surface area contributed by atoms with E-state index in [4.69, 9.17) is 5.11 Å². The molecule has 0 aliphatic rings. The van der Waals surface area contributed by atoms with Crippen molar-refractivity contribution in [2.24, 2.45) is 0 Å². The number of hydrogen-bond acceptors (Lipinski definition) is 1. The van der Waals surface area contributed by atoms with E-state index in [2.05, 4.69) is 12.2 Å². The van der Waals surface area contributed by atoms with Crippen LogP contribution in [0, 0.1) is 0 Å². The molecular formula is C5H14NO+. The molecule has 0 saturated heterocycles.